The van der Waals surface area contributed by atoms with E-state index in [-0.39, 0.29) is 6.61 Å². The fourth-order valence-electron chi connectivity index (χ4n) is 1.11. The van der Waals surface area contributed by atoms with Crippen LogP contribution in [-0.4, -0.2) is 12.6 Å². The van der Waals surface area contributed by atoms with Gasteiger partial charge in [0, 0.05) is 0 Å². The predicted molar refractivity (Wildman–Crippen MR) is 46.9 cm³/mol. The molecule has 0 aliphatic heterocycles. The van der Waals surface area contributed by atoms with Crippen molar-refractivity contribution >= 4 is 5.97 Å². The zero-order valence-electron chi connectivity index (χ0n) is 8.48. The molecule has 0 unspecified atom stereocenters. The number of rotatable bonds is 2. The molecule has 0 bridgehead atoms. The van der Waals surface area contributed by atoms with Crippen molar-refractivity contribution in [3.63, 3.8) is 0 Å². The fraction of sp³-hybridized carbons (Fsp3) is 0.200. The first-order valence-corrected chi connectivity index (χ1v) is 4.38. The van der Waals surface area contributed by atoms with Crippen LogP contribution in [0.3, 0.4) is 0 Å². The minimum atomic E-state index is -2.09. The molecular formula is C10H5F4NO2. The third-order valence-corrected chi connectivity index (χ3v) is 1.85. The Kier molecular flexibility index (Phi) is 3.68. The van der Waals surface area contributed by atoms with Crippen LogP contribution in [0.4, 0.5) is 17.6 Å². The summed E-state index contributed by atoms with van der Waals surface area (Å²) in [7, 11) is 0. The van der Waals surface area contributed by atoms with Crippen LogP contribution in [0, 0.1) is 34.6 Å². The lowest BCUT2D eigenvalue weighted by Gasteiger charge is -2.07. The Balaban J connectivity index is 3.57. The number of nitriles is 1. The molecule has 90 valence electrons. The number of carbonyl (C=O) groups excluding carboxylic acids is 1. The summed E-state index contributed by atoms with van der Waals surface area (Å²) in [6, 6.07) is 1.00. The highest BCUT2D eigenvalue weighted by Gasteiger charge is 2.30. The summed E-state index contributed by atoms with van der Waals surface area (Å²) >= 11 is 0. The number of hydrogen-bond donors (Lipinski definition) is 0. The van der Waals surface area contributed by atoms with Crippen LogP contribution in [0.5, 0.6) is 0 Å². The van der Waals surface area contributed by atoms with Gasteiger partial charge in [-0.2, -0.15) is 5.26 Å². The van der Waals surface area contributed by atoms with Crippen molar-refractivity contribution in [2.24, 2.45) is 0 Å². The molecule has 3 nitrogen and oxygen atoms in total. The molecule has 0 aliphatic rings. The topological polar surface area (TPSA) is 50.1 Å². The molecule has 0 aliphatic carbocycles. The Morgan fingerprint density at radius 3 is 2.24 bits per heavy atom. The molecule has 1 aromatic carbocycles. The summed E-state index contributed by atoms with van der Waals surface area (Å²) in [5.41, 5.74) is -2.78. The zero-order chi connectivity index (χ0) is 13.2. The first-order valence-electron chi connectivity index (χ1n) is 4.38. The Bertz CT molecular complexity index is 522. The molecule has 17 heavy (non-hydrogen) atoms. The van der Waals surface area contributed by atoms with Gasteiger partial charge in [-0.1, -0.05) is 0 Å². The molecule has 0 N–H and O–H groups in total. The van der Waals surface area contributed by atoms with Crippen molar-refractivity contribution in [3.8, 4) is 6.07 Å². The maximum atomic E-state index is 13.4. The summed E-state index contributed by atoms with van der Waals surface area (Å²) in [5, 5.41) is 8.38. The van der Waals surface area contributed by atoms with Gasteiger partial charge < -0.3 is 4.74 Å². The smallest absolute Gasteiger partial charge is 0.344 e. The Morgan fingerprint density at radius 2 is 1.76 bits per heavy atom. The van der Waals surface area contributed by atoms with E-state index >= 15 is 0 Å². The second-order valence-corrected chi connectivity index (χ2v) is 2.84. The third-order valence-electron chi connectivity index (χ3n) is 1.85. The molecule has 1 aromatic rings. The van der Waals surface area contributed by atoms with Crippen LogP contribution >= 0.6 is 0 Å². The number of carbonyl (C=O) groups is 1. The van der Waals surface area contributed by atoms with Gasteiger partial charge in [0.1, 0.15) is 17.2 Å². The molecular weight excluding hydrogens is 242 g/mol. The molecule has 0 atom stereocenters. The lowest BCUT2D eigenvalue weighted by molar-refractivity contribution is 0.0513. The predicted octanol–water partition coefficient (Wildman–Crippen LogP) is 2.29. The lowest BCUT2D eigenvalue weighted by atomic mass is 10.1. The van der Waals surface area contributed by atoms with Crippen LogP contribution in [-0.2, 0) is 4.74 Å². The van der Waals surface area contributed by atoms with Gasteiger partial charge in [0.2, 0.25) is 0 Å². The van der Waals surface area contributed by atoms with Crippen LogP contribution in [0.25, 0.3) is 0 Å². The highest BCUT2D eigenvalue weighted by atomic mass is 19.2. The third kappa shape index (κ3) is 2.06. The van der Waals surface area contributed by atoms with Crippen LogP contribution in [0.1, 0.15) is 22.8 Å². The highest BCUT2D eigenvalue weighted by Crippen LogP contribution is 2.24. The van der Waals surface area contributed by atoms with Gasteiger partial charge >= 0.3 is 5.97 Å². The monoisotopic (exact) mass is 247 g/mol. The standard InChI is InChI=1S/C10H5F4NO2/c1-2-17-10(16)5-6(11)4(3-15)7(12)9(14)8(5)13/h2H2,1H3. The van der Waals surface area contributed by atoms with Gasteiger partial charge in [-0.25, -0.2) is 22.4 Å². The number of halogens is 4. The first-order chi connectivity index (χ1) is 7.95. The van der Waals surface area contributed by atoms with Gasteiger partial charge in [-0.15, -0.1) is 0 Å². The van der Waals surface area contributed by atoms with Gasteiger partial charge in [-0.3, -0.25) is 0 Å². The molecule has 0 radical (unpaired) electrons. The van der Waals surface area contributed by atoms with E-state index in [2.05, 4.69) is 4.74 Å². The number of nitrogens with zero attached hydrogens (tertiary/aromatic N) is 1. The number of esters is 1. The van der Waals surface area contributed by atoms with E-state index in [1.807, 2.05) is 0 Å². The van der Waals surface area contributed by atoms with Crippen molar-refractivity contribution in [2.45, 2.75) is 6.92 Å². The van der Waals surface area contributed by atoms with E-state index in [1.165, 1.54) is 6.92 Å². The average Bonchev–Trinajstić information content (AvgIpc) is 2.27. The Morgan fingerprint density at radius 1 is 1.18 bits per heavy atom. The maximum absolute atomic E-state index is 13.4. The molecule has 0 saturated heterocycles. The normalized spacial score (nSPS) is 9.88. The minimum Gasteiger partial charge on any atom is -0.462 e. The molecule has 0 spiro atoms. The number of hydrogen-bond acceptors (Lipinski definition) is 3. The Hall–Kier alpha value is -2.10. The summed E-state index contributed by atoms with van der Waals surface area (Å²) in [6.45, 7) is 1.15. The van der Waals surface area contributed by atoms with Crippen molar-refractivity contribution in [3.05, 3.63) is 34.4 Å². The van der Waals surface area contributed by atoms with Gasteiger partial charge in [0.15, 0.2) is 23.3 Å². The molecule has 1 rings (SSSR count). The summed E-state index contributed by atoms with van der Waals surface area (Å²) < 4.78 is 56.7. The van der Waals surface area contributed by atoms with E-state index in [9.17, 15) is 22.4 Å². The number of ether oxygens (including phenoxy) is 1. The van der Waals surface area contributed by atoms with Gasteiger partial charge in [0.05, 0.1) is 6.61 Å². The highest BCUT2D eigenvalue weighted by molar-refractivity contribution is 5.90. The maximum Gasteiger partial charge on any atom is 0.344 e. The van der Waals surface area contributed by atoms with E-state index < -0.39 is 40.4 Å². The second-order valence-electron chi connectivity index (χ2n) is 2.84. The fourth-order valence-corrected chi connectivity index (χ4v) is 1.11. The average molecular weight is 247 g/mol. The molecule has 0 amide bonds. The summed E-state index contributed by atoms with van der Waals surface area (Å²) in [5.74, 6) is -9.36. The van der Waals surface area contributed by atoms with Crippen LogP contribution < -0.4 is 0 Å². The first kappa shape index (κ1) is 13.0. The molecule has 0 aromatic heterocycles. The van der Waals surface area contributed by atoms with Crippen LogP contribution in [0.15, 0.2) is 0 Å². The van der Waals surface area contributed by atoms with Crippen molar-refractivity contribution < 1.29 is 27.1 Å². The lowest BCUT2D eigenvalue weighted by Crippen LogP contribution is -2.14. The zero-order valence-corrected chi connectivity index (χ0v) is 8.48. The van der Waals surface area contributed by atoms with E-state index in [0.717, 1.165) is 6.07 Å². The van der Waals surface area contributed by atoms with Gasteiger partial charge in [-0.05, 0) is 6.92 Å². The summed E-state index contributed by atoms with van der Waals surface area (Å²) in [4.78, 5) is 11.1. The Labute approximate surface area is 93.2 Å². The second kappa shape index (κ2) is 4.82. The largest absolute Gasteiger partial charge is 0.462 e. The van der Waals surface area contributed by atoms with Crippen molar-refractivity contribution in [2.75, 3.05) is 6.61 Å². The molecule has 0 saturated carbocycles. The van der Waals surface area contributed by atoms with Crippen molar-refractivity contribution in [1.29, 1.82) is 5.26 Å². The molecule has 7 heteroatoms. The van der Waals surface area contributed by atoms with E-state index in [1.54, 1.807) is 0 Å². The van der Waals surface area contributed by atoms with E-state index in [4.69, 9.17) is 5.26 Å². The number of benzene rings is 1. The SMILES string of the molecule is CCOC(=O)c1c(F)c(F)c(F)c(C#N)c1F. The minimum absolute atomic E-state index is 0.210. The van der Waals surface area contributed by atoms with Gasteiger partial charge in [0.25, 0.3) is 0 Å². The summed E-state index contributed by atoms with van der Waals surface area (Å²) in [6.07, 6.45) is 0. The molecule has 0 fully saturated rings. The van der Waals surface area contributed by atoms with Crippen molar-refractivity contribution in [1.82, 2.24) is 0 Å². The quantitative estimate of drug-likeness (QED) is 0.348. The van der Waals surface area contributed by atoms with Crippen LogP contribution in [0.2, 0.25) is 0 Å². The van der Waals surface area contributed by atoms with E-state index in [0.29, 0.717) is 0 Å². The molecule has 0 heterocycles.